The first-order valence-corrected chi connectivity index (χ1v) is 7.41. The highest BCUT2D eigenvalue weighted by molar-refractivity contribution is 7.85. The minimum absolute atomic E-state index is 0.0448. The third-order valence-corrected chi connectivity index (χ3v) is 5.06. The first kappa shape index (κ1) is 13.3. The largest absolute Gasteiger partial charge is 0.398 e. The van der Waals surface area contributed by atoms with E-state index in [1.807, 2.05) is 6.92 Å². The summed E-state index contributed by atoms with van der Waals surface area (Å²) in [7, 11) is -0.966. The number of ether oxygens (including phenoxy) is 1. The third-order valence-electron chi connectivity index (χ3n) is 3.18. The molecule has 6 heteroatoms. The summed E-state index contributed by atoms with van der Waals surface area (Å²) in [6.45, 7) is 3.05. The van der Waals surface area contributed by atoms with Crippen LogP contribution in [0.15, 0.2) is 23.1 Å². The Hall–Kier alpha value is -1.14. The average molecular weight is 270 g/mol. The van der Waals surface area contributed by atoms with Crippen LogP contribution in [-0.2, 0) is 22.1 Å². The van der Waals surface area contributed by atoms with Crippen LogP contribution in [0.5, 0.6) is 0 Å². The lowest BCUT2D eigenvalue weighted by molar-refractivity contribution is 0.127. The molecule has 0 amide bonds. The van der Waals surface area contributed by atoms with E-state index in [1.54, 1.807) is 12.3 Å². The molecule has 1 aliphatic rings. The number of hydrogen-bond acceptors (Lipinski definition) is 4. The van der Waals surface area contributed by atoms with Crippen LogP contribution in [0.25, 0.3) is 0 Å². The molecule has 3 unspecified atom stereocenters. The van der Waals surface area contributed by atoms with E-state index < -0.39 is 10.8 Å². The summed E-state index contributed by atoms with van der Waals surface area (Å²) in [5, 5.41) is 0.0850. The number of aryl methyl sites for hydroxylation is 1. The van der Waals surface area contributed by atoms with Crippen molar-refractivity contribution >= 4 is 16.5 Å². The summed E-state index contributed by atoms with van der Waals surface area (Å²) in [6, 6.07) is 3.00. The fraction of sp³-hybridized carbons (Fsp3) is 0.583. The van der Waals surface area contributed by atoms with E-state index in [1.165, 1.54) is 10.6 Å². The van der Waals surface area contributed by atoms with Gasteiger partial charge in [0.15, 0.2) is 0 Å². The van der Waals surface area contributed by atoms with E-state index in [2.05, 4.69) is 0 Å². The number of nitrogen functional groups attached to an aromatic ring is 1. The van der Waals surface area contributed by atoms with Gasteiger partial charge in [-0.05, 0) is 19.4 Å². The second-order valence-corrected chi connectivity index (χ2v) is 6.26. The Labute approximate surface area is 108 Å². The van der Waals surface area contributed by atoms with Crippen LogP contribution in [0.1, 0.15) is 13.3 Å². The molecule has 0 aromatic carbocycles. The van der Waals surface area contributed by atoms with Gasteiger partial charge in [-0.1, -0.05) is 0 Å². The lowest BCUT2D eigenvalue weighted by Crippen LogP contribution is -2.28. The third kappa shape index (κ3) is 3.00. The number of pyridine rings is 1. The molecule has 0 spiro atoms. The van der Waals surface area contributed by atoms with Crippen molar-refractivity contribution in [2.24, 2.45) is 0 Å². The lowest BCUT2D eigenvalue weighted by Gasteiger charge is -2.14. The lowest BCUT2D eigenvalue weighted by atomic mass is 10.3. The van der Waals surface area contributed by atoms with Gasteiger partial charge in [-0.25, -0.2) is 0 Å². The Morgan fingerprint density at radius 3 is 3.00 bits per heavy atom. The second kappa shape index (κ2) is 5.67. The number of rotatable bonds is 4. The molecular weight excluding hydrogens is 252 g/mol. The van der Waals surface area contributed by atoms with Crippen molar-refractivity contribution in [2.45, 2.75) is 31.2 Å². The van der Waals surface area contributed by atoms with Crippen molar-refractivity contribution in [3.8, 4) is 0 Å². The van der Waals surface area contributed by atoms with Crippen molar-refractivity contribution in [3.05, 3.63) is 28.7 Å². The maximum absolute atomic E-state index is 12.1. The normalized spacial score (nSPS) is 25.2. The monoisotopic (exact) mass is 270 g/mol. The van der Waals surface area contributed by atoms with Gasteiger partial charge in [0.1, 0.15) is 0 Å². The molecule has 1 fully saturated rings. The molecule has 3 atom stereocenters. The molecule has 18 heavy (non-hydrogen) atoms. The number of hydrogen-bond donors (Lipinski definition) is 1. The summed E-state index contributed by atoms with van der Waals surface area (Å²) < 4.78 is 19.0. The van der Waals surface area contributed by atoms with Gasteiger partial charge in [0.2, 0.25) is 0 Å². The molecule has 1 aliphatic heterocycles. The van der Waals surface area contributed by atoms with E-state index in [0.717, 1.165) is 6.42 Å². The van der Waals surface area contributed by atoms with Gasteiger partial charge in [0.25, 0.3) is 5.56 Å². The summed E-state index contributed by atoms with van der Waals surface area (Å²) in [6.07, 6.45) is 2.47. The maximum Gasteiger partial charge on any atom is 0.250 e. The molecule has 1 saturated heterocycles. The predicted molar refractivity (Wildman–Crippen MR) is 71.9 cm³/mol. The standard InChI is InChI=1S/C12H18N2O3S/c1-9-11(4-6-17-9)18(16)7-5-14-8-10(13)2-3-12(14)15/h2-3,8-9,11H,4-7,13H2,1H3. The molecule has 2 rings (SSSR count). The van der Waals surface area contributed by atoms with Crippen molar-refractivity contribution in [1.29, 1.82) is 0 Å². The predicted octanol–water partition coefficient (Wildman–Crippen LogP) is 0.357. The van der Waals surface area contributed by atoms with Gasteiger partial charge in [-0.3, -0.25) is 9.00 Å². The second-order valence-electron chi connectivity index (χ2n) is 4.48. The van der Waals surface area contributed by atoms with Crippen LogP contribution in [0, 0.1) is 0 Å². The van der Waals surface area contributed by atoms with Gasteiger partial charge < -0.3 is 15.0 Å². The number of nitrogens with zero attached hydrogens (tertiary/aromatic N) is 1. The van der Waals surface area contributed by atoms with Crippen LogP contribution >= 0.6 is 0 Å². The zero-order valence-corrected chi connectivity index (χ0v) is 11.2. The fourth-order valence-corrected chi connectivity index (χ4v) is 3.67. The first-order chi connectivity index (χ1) is 8.58. The molecule has 5 nitrogen and oxygen atoms in total. The topological polar surface area (TPSA) is 74.3 Å². The SMILES string of the molecule is CC1OCCC1S(=O)CCn1cc(N)ccc1=O. The van der Waals surface area contributed by atoms with Gasteiger partial charge in [-0.15, -0.1) is 0 Å². The minimum Gasteiger partial charge on any atom is -0.398 e. The molecule has 1 aromatic rings. The number of aromatic nitrogens is 1. The average Bonchev–Trinajstić information content (AvgIpc) is 2.76. The van der Waals surface area contributed by atoms with Crippen molar-refractivity contribution in [1.82, 2.24) is 4.57 Å². The Morgan fingerprint density at radius 2 is 2.33 bits per heavy atom. The van der Waals surface area contributed by atoms with Gasteiger partial charge >= 0.3 is 0 Å². The molecule has 2 heterocycles. The van der Waals surface area contributed by atoms with Crippen molar-refractivity contribution in [2.75, 3.05) is 18.1 Å². The molecule has 0 aliphatic carbocycles. The van der Waals surface area contributed by atoms with E-state index in [9.17, 15) is 9.00 Å². The smallest absolute Gasteiger partial charge is 0.250 e. The van der Waals surface area contributed by atoms with E-state index >= 15 is 0 Å². The molecule has 1 aromatic heterocycles. The molecule has 0 bridgehead atoms. The molecule has 2 N–H and O–H groups in total. The Morgan fingerprint density at radius 1 is 1.56 bits per heavy atom. The van der Waals surface area contributed by atoms with Crippen LogP contribution in [-0.4, -0.2) is 32.5 Å². The highest BCUT2D eigenvalue weighted by Gasteiger charge is 2.29. The minimum atomic E-state index is -0.966. The Balaban J connectivity index is 1.97. The fourth-order valence-electron chi connectivity index (χ4n) is 2.12. The zero-order chi connectivity index (χ0) is 13.1. The van der Waals surface area contributed by atoms with Gasteiger partial charge in [0.05, 0.1) is 11.4 Å². The van der Waals surface area contributed by atoms with Crippen molar-refractivity contribution in [3.63, 3.8) is 0 Å². The summed E-state index contributed by atoms with van der Waals surface area (Å²) in [5.74, 6) is 0.460. The zero-order valence-electron chi connectivity index (χ0n) is 10.4. The van der Waals surface area contributed by atoms with Crippen LogP contribution in [0.3, 0.4) is 0 Å². The molecule has 0 radical (unpaired) electrons. The molecular formula is C12H18N2O3S. The summed E-state index contributed by atoms with van der Waals surface area (Å²) in [5.41, 5.74) is 6.05. The van der Waals surface area contributed by atoms with Crippen LogP contribution in [0.4, 0.5) is 5.69 Å². The first-order valence-electron chi connectivity index (χ1n) is 6.02. The summed E-state index contributed by atoms with van der Waals surface area (Å²) >= 11 is 0. The maximum atomic E-state index is 12.1. The number of anilines is 1. The van der Waals surface area contributed by atoms with E-state index in [-0.39, 0.29) is 16.9 Å². The Bertz CT molecular complexity index is 500. The highest BCUT2D eigenvalue weighted by atomic mass is 32.2. The number of nitrogens with two attached hydrogens (primary N) is 1. The van der Waals surface area contributed by atoms with E-state index in [4.69, 9.17) is 10.5 Å². The highest BCUT2D eigenvalue weighted by Crippen LogP contribution is 2.18. The Kier molecular flexibility index (Phi) is 4.19. The van der Waals surface area contributed by atoms with E-state index in [0.29, 0.717) is 24.6 Å². The molecule has 0 saturated carbocycles. The van der Waals surface area contributed by atoms with Crippen LogP contribution in [0.2, 0.25) is 0 Å². The quantitative estimate of drug-likeness (QED) is 0.857. The van der Waals surface area contributed by atoms with Crippen LogP contribution < -0.4 is 11.3 Å². The molecule has 100 valence electrons. The summed E-state index contributed by atoms with van der Waals surface area (Å²) in [4.78, 5) is 11.6. The van der Waals surface area contributed by atoms with Crippen molar-refractivity contribution < 1.29 is 8.95 Å². The van der Waals surface area contributed by atoms with Gasteiger partial charge in [0, 0.05) is 47.7 Å². The van der Waals surface area contributed by atoms with Gasteiger partial charge in [-0.2, -0.15) is 0 Å².